The van der Waals surface area contributed by atoms with Crippen molar-refractivity contribution < 1.29 is 9.18 Å². The molecule has 0 atom stereocenters. The van der Waals surface area contributed by atoms with Crippen molar-refractivity contribution in [3.63, 3.8) is 0 Å². The second-order valence-corrected chi connectivity index (χ2v) is 2.16. The molecule has 0 unspecified atom stereocenters. The molecular formula is C8H7FNO. The highest BCUT2D eigenvalue weighted by molar-refractivity contribution is 5.76. The largest absolute Gasteiger partial charge is 0.369 e. The maximum atomic E-state index is 12.7. The predicted molar refractivity (Wildman–Crippen MR) is 38.1 cm³/mol. The number of carbonyl (C=O) groups excluding carboxylic acids is 1. The standard InChI is InChI=1S/C8H7FNO/c9-7-4-2-1-3-6(7)5-8(10)11/h2-4H,5H2,(H2,10,11). The van der Waals surface area contributed by atoms with E-state index in [1.165, 1.54) is 18.2 Å². The predicted octanol–water partition coefficient (Wildman–Crippen LogP) is 0.654. The number of hydrogen-bond donors (Lipinski definition) is 1. The van der Waals surface area contributed by atoms with Gasteiger partial charge >= 0.3 is 0 Å². The number of rotatable bonds is 2. The number of amides is 1. The number of carbonyl (C=O) groups is 1. The van der Waals surface area contributed by atoms with Crippen molar-refractivity contribution in [1.82, 2.24) is 0 Å². The molecule has 1 aromatic carbocycles. The Morgan fingerprint density at radius 2 is 2.45 bits per heavy atom. The molecule has 0 aromatic heterocycles. The van der Waals surface area contributed by atoms with Crippen molar-refractivity contribution in [2.45, 2.75) is 6.42 Å². The van der Waals surface area contributed by atoms with E-state index in [0.717, 1.165) is 0 Å². The zero-order chi connectivity index (χ0) is 8.27. The van der Waals surface area contributed by atoms with Gasteiger partial charge in [0.15, 0.2) is 0 Å². The van der Waals surface area contributed by atoms with Gasteiger partial charge in [-0.15, -0.1) is 0 Å². The molecular weight excluding hydrogens is 145 g/mol. The lowest BCUT2D eigenvalue weighted by Crippen LogP contribution is -2.14. The van der Waals surface area contributed by atoms with Gasteiger partial charge in [-0.2, -0.15) is 0 Å². The topological polar surface area (TPSA) is 43.1 Å². The van der Waals surface area contributed by atoms with Gasteiger partial charge in [-0.05, 0) is 23.8 Å². The molecule has 1 amide bonds. The summed E-state index contributed by atoms with van der Waals surface area (Å²) >= 11 is 0. The molecule has 2 N–H and O–H groups in total. The molecule has 2 nitrogen and oxygen atoms in total. The van der Waals surface area contributed by atoms with Crippen LogP contribution in [0.25, 0.3) is 0 Å². The van der Waals surface area contributed by atoms with Crippen LogP contribution in [0.3, 0.4) is 0 Å². The minimum absolute atomic E-state index is 0.0663. The lowest BCUT2D eigenvalue weighted by atomic mass is 10.1. The fraction of sp³-hybridized carbons (Fsp3) is 0.125. The van der Waals surface area contributed by atoms with Crippen LogP contribution in [0.5, 0.6) is 0 Å². The minimum Gasteiger partial charge on any atom is -0.369 e. The Morgan fingerprint density at radius 3 is 3.00 bits per heavy atom. The molecule has 0 saturated heterocycles. The minimum atomic E-state index is -0.538. The van der Waals surface area contributed by atoms with Gasteiger partial charge in [-0.1, -0.05) is 6.07 Å². The van der Waals surface area contributed by atoms with Gasteiger partial charge in [0.05, 0.1) is 6.42 Å². The molecule has 0 spiro atoms. The normalized spacial score (nSPS) is 9.55. The van der Waals surface area contributed by atoms with E-state index in [1.807, 2.05) is 0 Å². The molecule has 1 rings (SSSR count). The first kappa shape index (κ1) is 7.72. The van der Waals surface area contributed by atoms with Crippen molar-refractivity contribution in [2.75, 3.05) is 0 Å². The number of hydrogen-bond acceptors (Lipinski definition) is 1. The average Bonchev–Trinajstić information content (AvgIpc) is 1.93. The Morgan fingerprint density at radius 1 is 1.73 bits per heavy atom. The first-order chi connectivity index (χ1) is 5.20. The Labute approximate surface area is 63.8 Å². The smallest absolute Gasteiger partial charge is 0.221 e. The Hall–Kier alpha value is -1.38. The van der Waals surface area contributed by atoms with E-state index in [2.05, 4.69) is 6.07 Å². The third-order valence-electron chi connectivity index (χ3n) is 1.25. The molecule has 0 heterocycles. The fourth-order valence-corrected chi connectivity index (χ4v) is 0.769. The average molecular weight is 152 g/mol. The third-order valence-corrected chi connectivity index (χ3v) is 1.25. The van der Waals surface area contributed by atoms with Crippen molar-refractivity contribution in [3.8, 4) is 0 Å². The summed E-state index contributed by atoms with van der Waals surface area (Å²) in [7, 11) is 0. The summed E-state index contributed by atoms with van der Waals surface area (Å²) in [5, 5.41) is 0. The number of nitrogens with two attached hydrogens (primary N) is 1. The molecule has 0 aliphatic rings. The second-order valence-electron chi connectivity index (χ2n) is 2.16. The molecule has 0 aliphatic carbocycles. The van der Waals surface area contributed by atoms with E-state index < -0.39 is 11.7 Å². The Balaban J connectivity index is 2.86. The zero-order valence-corrected chi connectivity index (χ0v) is 5.80. The van der Waals surface area contributed by atoms with Crippen molar-refractivity contribution >= 4 is 5.91 Å². The highest BCUT2D eigenvalue weighted by Gasteiger charge is 2.02. The monoisotopic (exact) mass is 152 g/mol. The first-order valence-corrected chi connectivity index (χ1v) is 3.13. The van der Waals surface area contributed by atoms with Crippen molar-refractivity contribution in [1.29, 1.82) is 0 Å². The summed E-state index contributed by atoms with van der Waals surface area (Å²) in [6.45, 7) is 0. The molecule has 1 radical (unpaired) electrons. The van der Waals surface area contributed by atoms with Gasteiger partial charge < -0.3 is 5.73 Å². The maximum Gasteiger partial charge on any atom is 0.221 e. The molecule has 11 heavy (non-hydrogen) atoms. The van der Waals surface area contributed by atoms with Crippen LogP contribution in [-0.2, 0) is 11.2 Å². The lowest BCUT2D eigenvalue weighted by Gasteiger charge is -1.96. The van der Waals surface area contributed by atoms with Crippen LogP contribution in [0.4, 0.5) is 4.39 Å². The van der Waals surface area contributed by atoms with Crippen LogP contribution in [0.15, 0.2) is 18.2 Å². The van der Waals surface area contributed by atoms with Gasteiger partial charge in [-0.25, -0.2) is 4.39 Å². The van der Waals surface area contributed by atoms with E-state index in [9.17, 15) is 9.18 Å². The molecule has 1 aromatic rings. The summed E-state index contributed by atoms with van der Waals surface area (Å²) < 4.78 is 12.7. The van der Waals surface area contributed by atoms with Crippen LogP contribution in [0.1, 0.15) is 5.56 Å². The van der Waals surface area contributed by atoms with E-state index >= 15 is 0 Å². The van der Waals surface area contributed by atoms with Gasteiger partial charge in [0.25, 0.3) is 0 Å². The number of halogens is 1. The number of primary amides is 1. The first-order valence-electron chi connectivity index (χ1n) is 3.13. The molecule has 0 aliphatic heterocycles. The Bertz CT molecular complexity index is 273. The summed E-state index contributed by atoms with van der Waals surface area (Å²) in [5.74, 6) is -0.953. The summed E-state index contributed by atoms with van der Waals surface area (Å²) in [5.41, 5.74) is 5.17. The molecule has 0 saturated carbocycles. The highest BCUT2D eigenvalue weighted by Crippen LogP contribution is 2.05. The van der Waals surface area contributed by atoms with Crippen molar-refractivity contribution in [3.05, 3.63) is 35.6 Å². The van der Waals surface area contributed by atoms with Crippen LogP contribution >= 0.6 is 0 Å². The SMILES string of the molecule is NC(=O)Cc1c[c]ccc1F. The lowest BCUT2D eigenvalue weighted by molar-refractivity contribution is -0.117. The van der Waals surface area contributed by atoms with E-state index in [0.29, 0.717) is 5.56 Å². The van der Waals surface area contributed by atoms with Gasteiger partial charge in [0.2, 0.25) is 5.91 Å². The maximum absolute atomic E-state index is 12.7. The van der Waals surface area contributed by atoms with Crippen LogP contribution in [-0.4, -0.2) is 5.91 Å². The molecule has 57 valence electrons. The molecule has 0 fully saturated rings. The zero-order valence-electron chi connectivity index (χ0n) is 5.80. The Kier molecular flexibility index (Phi) is 2.21. The van der Waals surface area contributed by atoms with Crippen LogP contribution in [0, 0.1) is 11.9 Å². The highest BCUT2D eigenvalue weighted by atomic mass is 19.1. The van der Waals surface area contributed by atoms with E-state index in [4.69, 9.17) is 5.73 Å². The quantitative estimate of drug-likeness (QED) is 0.664. The fourth-order valence-electron chi connectivity index (χ4n) is 0.769. The van der Waals surface area contributed by atoms with Crippen LogP contribution in [0.2, 0.25) is 0 Å². The van der Waals surface area contributed by atoms with E-state index in [-0.39, 0.29) is 6.42 Å². The summed E-state index contributed by atoms with van der Waals surface area (Å²) in [6.07, 6.45) is -0.0663. The van der Waals surface area contributed by atoms with Crippen LogP contribution < -0.4 is 5.73 Å². The third kappa shape index (κ3) is 2.04. The molecule has 0 bridgehead atoms. The molecule has 3 heteroatoms. The van der Waals surface area contributed by atoms with Crippen molar-refractivity contribution in [2.24, 2.45) is 5.73 Å². The second kappa shape index (κ2) is 3.14. The van der Waals surface area contributed by atoms with Gasteiger partial charge in [0.1, 0.15) is 5.82 Å². The summed E-state index contributed by atoms with van der Waals surface area (Å²) in [6, 6.07) is 6.77. The number of benzene rings is 1. The van der Waals surface area contributed by atoms with E-state index in [1.54, 1.807) is 0 Å². The van der Waals surface area contributed by atoms with Gasteiger partial charge in [-0.3, -0.25) is 4.79 Å². The summed E-state index contributed by atoms with van der Waals surface area (Å²) in [4.78, 5) is 10.4. The van der Waals surface area contributed by atoms with Gasteiger partial charge in [0, 0.05) is 0 Å².